The SMILES string of the molecule is CCC([S])CC. The molecule has 0 fully saturated rings. The molecule has 0 aliphatic rings. The molecule has 0 saturated carbocycles. The smallest absolute Gasteiger partial charge is 0.0146 e. The highest BCUT2D eigenvalue weighted by Crippen LogP contribution is 2.02. The van der Waals surface area contributed by atoms with Crippen LogP contribution in [0.3, 0.4) is 0 Å². The number of hydrogen-bond donors (Lipinski definition) is 0. The van der Waals surface area contributed by atoms with E-state index < -0.39 is 0 Å². The molecule has 6 heavy (non-hydrogen) atoms. The van der Waals surface area contributed by atoms with E-state index >= 15 is 0 Å². The Morgan fingerprint density at radius 3 is 1.67 bits per heavy atom. The van der Waals surface area contributed by atoms with Crippen LogP contribution in [0, 0.1) is 0 Å². The first kappa shape index (κ1) is 6.35. The van der Waals surface area contributed by atoms with E-state index in [0.717, 1.165) is 12.8 Å². The third-order valence-corrected chi connectivity index (χ3v) is 1.58. The first-order valence-electron chi connectivity index (χ1n) is 2.47. The van der Waals surface area contributed by atoms with Gasteiger partial charge in [0.2, 0.25) is 0 Å². The Morgan fingerprint density at radius 1 is 1.33 bits per heavy atom. The molecule has 0 aliphatic carbocycles. The normalized spacial score (nSPS) is 10.0. The Labute approximate surface area is 45.4 Å². The van der Waals surface area contributed by atoms with Crippen LogP contribution in [0.1, 0.15) is 26.7 Å². The molecule has 0 unspecified atom stereocenters. The molecule has 0 heterocycles. The average molecular weight is 103 g/mol. The van der Waals surface area contributed by atoms with Crippen molar-refractivity contribution in [3.63, 3.8) is 0 Å². The third kappa shape index (κ3) is 2.58. The molecular formula is C5H11S. The average Bonchev–Trinajstić information content (AvgIpc) is 1.65. The Bertz CT molecular complexity index is 23.1. The van der Waals surface area contributed by atoms with Crippen LogP contribution in [0.4, 0.5) is 0 Å². The first-order chi connectivity index (χ1) is 2.81. The van der Waals surface area contributed by atoms with Crippen molar-refractivity contribution >= 4 is 12.6 Å². The molecule has 0 rings (SSSR count). The topological polar surface area (TPSA) is 0 Å². The zero-order chi connectivity index (χ0) is 4.99. The maximum atomic E-state index is 4.94. The lowest BCUT2D eigenvalue weighted by Crippen LogP contribution is -1.89. The van der Waals surface area contributed by atoms with Crippen LogP contribution >= 0.6 is 12.6 Å². The van der Waals surface area contributed by atoms with Crippen molar-refractivity contribution in [2.24, 2.45) is 0 Å². The summed E-state index contributed by atoms with van der Waals surface area (Å²) in [6.45, 7) is 4.25. The highest BCUT2D eigenvalue weighted by molar-refractivity contribution is 7.80. The maximum absolute atomic E-state index is 4.94. The second-order valence-electron chi connectivity index (χ2n) is 1.44. The van der Waals surface area contributed by atoms with Gasteiger partial charge in [0.25, 0.3) is 0 Å². The van der Waals surface area contributed by atoms with Crippen LogP contribution in [-0.2, 0) is 0 Å². The van der Waals surface area contributed by atoms with E-state index in [4.69, 9.17) is 12.6 Å². The fraction of sp³-hybridized carbons (Fsp3) is 1.00. The van der Waals surface area contributed by atoms with E-state index in [2.05, 4.69) is 13.8 Å². The van der Waals surface area contributed by atoms with Gasteiger partial charge in [-0.3, -0.25) is 0 Å². The minimum Gasteiger partial charge on any atom is -0.0905 e. The molecule has 0 bridgehead atoms. The van der Waals surface area contributed by atoms with Gasteiger partial charge in [-0.2, -0.15) is 0 Å². The molecule has 0 aromatic heterocycles. The molecule has 0 spiro atoms. The van der Waals surface area contributed by atoms with Gasteiger partial charge in [0, 0.05) is 5.25 Å². The van der Waals surface area contributed by atoms with Crippen molar-refractivity contribution in [2.75, 3.05) is 0 Å². The van der Waals surface area contributed by atoms with Gasteiger partial charge in [-0.05, 0) is 12.8 Å². The summed E-state index contributed by atoms with van der Waals surface area (Å²) in [5.74, 6) is 0. The van der Waals surface area contributed by atoms with Crippen LogP contribution in [-0.4, -0.2) is 5.25 Å². The molecule has 1 heteroatoms. The lowest BCUT2D eigenvalue weighted by atomic mass is 10.3. The van der Waals surface area contributed by atoms with Gasteiger partial charge in [-0.25, -0.2) is 0 Å². The summed E-state index contributed by atoms with van der Waals surface area (Å²) in [6.07, 6.45) is 2.29. The molecular weight excluding hydrogens is 92.1 g/mol. The van der Waals surface area contributed by atoms with Crippen molar-refractivity contribution in [3.8, 4) is 0 Å². The Hall–Kier alpha value is 0.350. The van der Waals surface area contributed by atoms with E-state index in [1.54, 1.807) is 0 Å². The van der Waals surface area contributed by atoms with E-state index in [1.165, 1.54) is 0 Å². The molecule has 0 aromatic carbocycles. The van der Waals surface area contributed by atoms with Crippen LogP contribution in [0.25, 0.3) is 0 Å². The van der Waals surface area contributed by atoms with Crippen LogP contribution < -0.4 is 0 Å². The van der Waals surface area contributed by atoms with Crippen LogP contribution in [0.15, 0.2) is 0 Å². The predicted octanol–water partition coefficient (Wildman–Crippen LogP) is 2.37. The zero-order valence-electron chi connectivity index (χ0n) is 4.40. The minimum absolute atomic E-state index is 0.519. The largest absolute Gasteiger partial charge is 0.0905 e. The monoisotopic (exact) mass is 103 g/mol. The van der Waals surface area contributed by atoms with Gasteiger partial charge in [-0.1, -0.05) is 26.5 Å². The van der Waals surface area contributed by atoms with Gasteiger partial charge in [0.1, 0.15) is 0 Å². The highest BCUT2D eigenvalue weighted by Gasteiger charge is 1.91. The van der Waals surface area contributed by atoms with E-state index in [0.29, 0.717) is 5.25 Å². The fourth-order valence-corrected chi connectivity index (χ4v) is 0.289. The van der Waals surface area contributed by atoms with Crippen molar-refractivity contribution in [1.29, 1.82) is 0 Å². The summed E-state index contributed by atoms with van der Waals surface area (Å²) in [4.78, 5) is 0. The highest BCUT2D eigenvalue weighted by atomic mass is 32.1. The zero-order valence-corrected chi connectivity index (χ0v) is 5.22. The summed E-state index contributed by atoms with van der Waals surface area (Å²) in [5, 5.41) is 0.519. The van der Waals surface area contributed by atoms with Crippen LogP contribution in [0.5, 0.6) is 0 Å². The minimum atomic E-state index is 0.519. The van der Waals surface area contributed by atoms with Gasteiger partial charge in [0.05, 0.1) is 0 Å². The Kier molecular flexibility index (Phi) is 3.74. The number of hydrogen-bond acceptors (Lipinski definition) is 0. The predicted molar refractivity (Wildman–Crippen MR) is 32.0 cm³/mol. The van der Waals surface area contributed by atoms with Crippen molar-refractivity contribution in [1.82, 2.24) is 0 Å². The summed E-state index contributed by atoms with van der Waals surface area (Å²) < 4.78 is 0. The second kappa shape index (κ2) is 3.54. The maximum Gasteiger partial charge on any atom is 0.0146 e. The number of rotatable bonds is 2. The molecule has 0 saturated heterocycles. The summed E-state index contributed by atoms with van der Waals surface area (Å²) in [6, 6.07) is 0. The van der Waals surface area contributed by atoms with Crippen molar-refractivity contribution in [2.45, 2.75) is 31.9 Å². The standard InChI is InChI=1S/C5H11S/c1-3-5(6)4-2/h5H,3-4H2,1-2H3. The Balaban J connectivity index is 2.75. The molecule has 1 radical (unpaired) electrons. The fourth-order valence-electron chi connectivity index (χ4n) is 0.289. The molecule has 0 amide bonds. The van der Waals surface area contributed by atoms with E-state index in [1.807, 2.05) is 0 Å². The van der Waals surface area contributed by atoms with Crippen molar-refractivity contribution in [3.05, 3.63) is 0 Å². The molecule has 37 valence electrons. The summed E-state index contributed by atoms with van der Waals surface area (Å²) in [7, 11) is 0. The Morgan fingerprint density at radius 2 is 1.67 bits per heavy atom. The molecule has 0 atom stereocenters. The molecule has 0 aliphatic heterocycles. The van der Waals surface area contributed by atoms with Crippen LogP contribution in [0.2, 0.25) is 0 Å². The molecule has 0 N–H and O–H groups in total. The third-order valence-electron chi connectivity index (χ3n) is 0.911. The summed E-state index contributed by atoms with van der Waals surface area (Å²) >= 11 is 4.94. The molecule has 0 aromatic rings. The van der Waals surface area contributed by atoms with E-state index in [-0.39, 0.29) is 0 Å². The second-order valence-corrected chi connectivity index (χ2v) is 2.11. The summed E-state index contributed by atoms with van der Waals surface area (Å²) in [5.41, 5.74) is 0. The van der Waals surface area contributed by atoms with Gasteiger partial charge >= 0.3 is 0 Å². The van der Waals surface area contributed by atoms with Crippen molar-refractivity contribution < 1.29 is 0 Å². The lowest BCUT2D eigenvalue weighted by molar-refractivity contribution is 0.798. The van der Waals surface area contributed by atoms with Gasteiger partial charge in [-0.15, -0.1) is 0 Å². The lowest BCUT2D eigenvalue weighted by Gasteiger charge is -1.96. The van der Waals surface area contributed by atoms with E-state index in [9.17, 15) is 0 Å². The first-order valence-corrected chi connectivity index (χ1v) is 2.94. The van der Waals surface area contributed by atoms with Gasteiger partial charge < -0.3 is 0 Å². The van der Waals surface area contributed by atoms with Gasteiger partial charge in [0.15, 0.2) is 0 Å². The molecule has 0 nitrogen and oxygen atoms in total. The quantitative estimate of drug-likeness (QED) is 0.503.